The van der Waals surface area contributed by atoms with Crippen LogP contribution in [0.25, 0.3) is 11.6 Å². The molecule has 1 aliphatic rings. The normalized spacial score (nSPS) is 14.2. The minimum absolute atomic E-state index is 0.0883. The second kappa shape index (κ2) is 7.85. The molecule has 0 atom stereocenters. The average Bonchev–Trinajstić information content (AvgIpc) is 3.38. The first-order chi connectivity index (χ1) is 14.4. The van der Waals surface area contributed by atoms with E-state index in [9.17, 15) is 18.4 Å². The van der Waals surface area contributed by atoms with Gasteiger partial charge in [0.25, 0.3) is 5.91 Å². The lowest BCUT2D eigenvalue weighted by molar-refractivity contribution is -0.138. The van der Waals surface area contributed by atoms with Gasteiger partial charge in [-0.15, -0.1) is 10.2 Å². The van der Waals surface area contributed by atoms with E-state index < -0.39 is 30.1 Å². The number of hydrogen-bond acceptors (Lipinski definition) is 8. The van der Waals surface area contributed by atoms with E-state index in [0.717, 1.165) is 23.0 Å². The largest absolute Gasteiger partial charge is 0.480 e. The molecule has 4 rings (SSSR count). The van der Waals surface area contributed by atoms with E-state index in [0.29, 0.717) is 18.9 Å². The molecule has 0 unspecified atom stereocenters. The number of hydrogen-bond donors (Lipinski definition) is 1. The van der Waals surface area contributed by atoms with Gasteiger partial charge in [-0.1, -0.05) is 5.16 Å². The van der Waals surface area contributed by atoms with E-state index in [4.69, 9.17) is 9.63 Å². The van der Waals surface area contributed by atoms with Crippen LogP contribution in [0, 0.1) is 11.6 Å². The number of carbonyl (C=O) groups excluding carboxylic acids is 1. The molecule has 1 amide bonds. The molecule has 3 heterocycles. The van der Waals surface area contributed by atoms with Gasteiger partial charge in [-0.25, -0.2) is 8.78 Å². The van der Waals surface area contributed by atoms with Crippen molar-refractivity contribution in [2.45, 2.75) is 6.54 Å². The van der Waals surface area contributed by atoms with E-state index >= 15 is 0 Å². The van der Waals surface area contributed by atoms with Crippen molar-refractivity contribution < 1.29 is 28.0 Å². The number of anilines is 1. The summed E-state index contributed by atoms with van der Waals surface area (Å²) in [6.07, 6.45) is 0. The van der Waals surface area contributed by atoms with Gasteiger partial charge >= 0.3 is 5.97 Å². The lowest BCUT2D eigenvalue weighted by Gasteiger charge is -2.34. The zero-order chi connectivity index (χ0) is 21.3. The van der Waals surface area contributed by atoms with Crippen molar-refractivity contribution in [3.63, 3.8) is 0 Å². The van der Waals surface area contributed by atoms with Gasteiger partial charge in [0.05, 0.1) is 5.56 Å². The van der Waals surface area contributed by atoms with Crippen LogP contribution >= 0.6 is 0 Å². The third-order valence-electron chi connectivity index (χ3n) is 4.50. The predicted molar refractivity (Wildman–Crippen MR) is 95.4 cm³/mol. The van der Waals surface area contributed by atoms with Crippen molar-refractivity contribution in [3.05, 3.63) is 41.5 Å². The smallest absolute Gasteiger partial charge is 0.327 e. The fourth-order valence-electron chi connectivity index (χ4n) is 3.02. The van der Waals surface area contributed by atoms with Crippen molar-refractivity contribution in [2.75, 3.05) is 31.1 Å². The van der Waals surface area contributed by atoms with E-state index in [1.165, 1.54) is 4.90 Å². The number of carboxylic acid groups (broad SMARTS) is 1. The van der Waals surface area contributed by atoms with Crippen LogP contribution < -0.4 is 4.90 Å². The molecule has 2 aromatic heterocycles. The number of amides is 1. The molecule has 1 fully saturated rings. The molecule has 0 radical (unpaired) electrons. The molecule has 1 N–H and O–H groups in total. The van der Waals surface area contributed by atoms with Gasteiger partial charge in [0.15, 0.2) is 12.4 Å². The van der Waals surface area contributed by atoms with Crippen molar-refractivity contribution in [2.24, 2.45) is 0 Å². The number of carbonyl (C=O) groups is 2. The molecule has 1 saturated heterocycles. The summed E-state index contributed by atoms with van der Waals surface area (Å²) in [7, 11) is 0. The summed E-state index contributed by atoms with van der Waals surface area (Å²) in [5.74, 6) is -2.36. The van der Waals surface area contributed by atoms with Gasteiger partial charge in [0.2, 0.25) is 11.6 Å². The number of aliphatic carboxylic acids is 1. The summed E-state index contributed by atoms with van der Waals surface area (Å²) >= 11 is 0. The molecule has 30 heavy (non-hydrogen) atoms. The molecule has 13 heteroatoms. The molecule has 0 spiro atoms. The minimum atomic E-state index is -1.11. The highest BCUT2D eigenvalue weighted by molar-refractivity contribution is 5.94. The quantitative estimate of drug-likeness (QED) is 0.633. The Hall–Kier alpha value is -3.90. The molecule has 156 valence electrons. The van der Waals surface area contributed by atoms with Gasteiger partial charge in [-0.2, -0.15) is 4.80 Å². The molecule has 1 aromatic carbocycles. The molecule has 1 aliphatic heterocycles. The molecule has 0 saturated carbocycles. The van der Waals surface area contributed by atoms with E-state index in [1.807, 2.05) is 4.90 Å². The van der Waals surface area contributed by atoms with E-state index in [2.05, 4.69) is 20.6 Å². The second-order valence-electron chi connectivity index (χ2n) is 6.49. The number of benzene rings is 1. The highest BCUT2D eigenvalue weighted by Gasteiger charge is 2.26. The lowest BCUT2D eigenvalue weighted by atomic mass is 10.1. The Bertz CT molecular complexity index is 1090. The maximum absolute atomic E-state index is 13.9. The van der Waals surface area contributed by atoms with Gasteiger partial charge in [0, 0.05) is 32.2 Å². The Morgan fingerprint density at radius 1 is 1.13 bits per heavy atom. The van der Waals surface area contributed by atoms with Crippen LogP contribution in [0.4, 0.5) is 14.6 Å². The summed E-state index contributed by atoms with van der Waals surface area (Å²) in [5, 5.41) is 23.9. The van der Waals surface area contributed by atoms with Gasteiger partial charge < -0.3 is 19.4 Å². The molecule has 3 aromatic rings. The Labute approximate surface area is 167 Å². The molecule has 11 nitrogen and oxygen atoms in total. The van der Waals surface area contributed by atoms with Crippen LogP contribution in [-0.4, -0.2) is 73.4 Å². The first-order valence-corrected chi connectivity index (χ1v) is 8.86. The third-order valence-corrected chi connectivity index (χ3v) is 4.50. The van der Waals surface area contributed by atoms with Crippen LogP contribution in [-0.2, 0) is 11.3 Å². The summed E-state index contributed by atoms with van der Waals surface area (Å²) in [5.41, 5.74) is -0.303. The summed E-state index contributed by atoms with van der Waals surface area (Å²) < 4.78 is 32.4. The van der Waals surface area contributed by atoms with Crippen LogP contribution in [0.1, 0.15) is 10.4 Å². The number of piperazine rings is 1. The molecule has 0 aliphatic carbocycles. The monoisotopic (exact) mass is 419 g/mol. The first kappa shape index (κ1) is 19.4. The molecular weight excluding hydrogens is 404 g/mol. The van der Waals surface area contributed by atoms with Gasteiger partial charge in [0.1, 0.15) is 11.6 Å². The summed E-state index contributed by atoms with van der Waals surface area (Å²) in [6, 6.07) is 4.35. The highest BCUT2D eigenvalue weighted by Crippen LogP contribution is 2.23. The van der Waals surface area contributed by atoms with Crippen LogP contribution in [0.15, 0.2) is 28.8 Å². The summed E-state index contributed by atoms with van der Waals surface area (Å²) in [6.45, 7) is 0.922. The number of halogens is 2. The highest BCUT2D eigenvalue weighted by atomic mass is 19.1. The number of tetrazole rings is 1. The second-order valence-corrected chi connectivity index (χ2v) is 6.49. The van der Waals surface area contributed by atoms with E-state index in [1.54, 1.807) is 6.07 Å². The van der Waals surface area contributed by atoms with Crippen molar-refractivity contribution in [3.8, 4) is 11.6 Å². The van der Waals surface area contributed by atoms with Gasteiger partial charge in [-0.05, 0) is 23.4 Å². The fourth-order valence-corrected chi connectivity index (χ4v) is 3.02. The minimum Gasteiger partial charge on any atom is -0.480 e. The molecule has 0 bridgehead atoms. The maximum Gasteiger partial charge on any atom is 0.327 e. The zero-order valence-electron chi connectivity index (χ0n) is 15.4. The van der Waals surface area contributed by atoms with Crippen LogP contribution in [0.2, 0.25) is 0 Å². The van der Waals surface area contributed by atoms with Crippen molar-refractivity contribution in [1.82, 2.24) is 30.3 Å². The Kier molecular flexibility index (Phi) is 5.08. The van der Waals surface area contributed by atoms with Crippen molar-refractivity contribution >= 4 is 17.7 Å². The zero-order valence-corrected chi connectivity index (χ0v) is 15.4. The van der Waals surface area contributed by atoms with Crippen LogP contribution in [0.5, 0.6) is 0 Å². The lowest BCUT2D eigenvalue weighted by Crippen LogP contribution is -2.49. The SMILES string of the molecule is O=C(O)Cn1nnc(-c2cc(N3CCN(C(=O)c4cc(F)ccc4F)CC3)no2)n1. The third kappa shape index (κ3) is 3.94. The van der Waals surface area contributed by atoms with E-state index in [-0.39, 0.29) is 30.2 Å². The van der Waals surface area contributed by atoms with Gasteiger partial charge in [-0.3, -0.25) is 9.59 Å². The topological polar surface area (TPSA) is 130 Å². The van der Waals surface area contributed by atoms with Crippen molar-refractivity contribution in [1.29, 1.82) is 0 Å². The number of nitrogens with zero attached hydrogens (tertiary/aromatic N) is 7. The standard InChI is InChI=1S/C17H15F2N7O4/c18-10-1-2-12(19)11(7-10)17(29)25-5-3-24(4-6-25)14-8-13(30-22-14)16-20-23-26(21-16)9-15(27)28/h1-2,7-8H,3-6,9H2,(H,27,28). The summed E-state index contributed by atoms with van der Waals surface area (Å²) in [4.78, 5) is 27.4. The Morgan fingerprint density at radius 2 is 1.90 bits per heavy atom. The molecular formula is C17H15F2N7O4. The average molecular weight is 419 g/mol. The predicted octanol–water partition coefficient (Wildman–Crippen LogP) is 0.653. The first-order valence-electron chi connectivity index (χ1n) is 8.86. The number of aromatic nitrogens is 5. The number of carboxylic acids is 1. The Balaban J connectivity index is 1.40. The fraction of sp³-hybridized carbons (Fsp3) is 0.294. The maximum atomic E-state index is 13.9. The van der Waals surface area contributed by atoms with Crippen LogP contribution in [0.3, 0.4) is 0 Å². The Morgan fingerprint density at radius 3 is 2.63 bits per heavy atom. The number of rotatable bonds is 5.